The number of halogens is 2. The lowest BCUT2D eigenvalue weighted by Gasteiger charge is -2.17. The smallest absolute Gasteiger partial charge is 0.321 e. The summed E-state index contributed by atoms with van der Waals surface area (Å²) in [5.74, 6) is 5.56. The van der Waals surface area contributed by atoms with E-state index in [1.165, 1.54) is 16.8 Å². The van der Waals surface area contributed by atoms with Crippen LogP contribution < -0.4 is 17.1 Å². The van der Waals surface area contributed by atoms with Gasteiger partial charge in [0.2, 0.25) is 5.84 Å². The van der Waals surface area contributed by atoms with Gasteiger partial charge >= 0.3 is 5.92 Å². The summed E-state index contributed by atoms with van der Waals surface area (Å²) in [5, 5.41) is 17.4. The van der Waals surface area contributed by atoms with Crippen LogP contribution in [0.5, 0.6) is 0 Å². The Bertz CT molecular complexity index is 1110. The lowest BCUT2D eigenvalue weighted by atomic mass is 10.0. The molecule has 144 valence electrons. The predicted molar refractivity (Wildman–Crippen MR) is 100 cm³/mol. The van der Waals surface area contributed by atoms with E-state index < -0.39 is 17.5 Å². The second kappa shape index (κ2) is 7.21. The van der Waals surface area contributed by atoms with Crippen molar-refractivity contribution < 1.29 is 8.78 Å². The van der Waals surface area contributed by atoms with Crippen LogP contribution in [0.3, 0.4) is 0 Å². The maximum atomic E-state index is 14.6. The van der Waals surface area contributed by atoms with Crippen LogP contribution in [0.25, 0.3) is 11.0 Å². The Hall–Kier alpha value is -3.58. The van der Waals surface area contributed by atoms with E-state index in [1.54, 1.807) is 24.5 Å². The first-order chi connectivity index (χ1) is 13.3. The molecule has 0 saturated heterocycles. The zero-order valence-electron chi connectivity index (χ0n) is 15.2. The molecule has 0 bridgehead atoms. The molecule has 0 spiro atoms. The van der Waals surface area contributed by atoms with Crippen molar-refractivity contribution in [1.29, 1.82) is 5.26 Å². The minimum atomic E-state index is -3.61. The molecule has 2 aromatic heterocycles. The number of nitrogens with zero attached hydrogens (tertiary/aromatic N) is 5. The van der Waals surface area contributed by atoms with Crippen LogP contribution in [0.15, 0.2) is 35.4 Å². The number of nitrogens with one attached hydrogen (secondary N) is 1. The third-order valence-corrected chi connectivity index (χ3v) is 4.50. The normalized spacial score (nSPS) is 12.2. The molecule has 0 unspecified atom stereocenters. The fraction of sp³-hybridized carbons (Fsp3) is 0.222. The van der Waals surface area contributed by atoms with E-state index in [0.29, 0.717) is 16.6 Å². The molecule has 0 radical (unpaired) electrons. The summed E-state index contributed by atoms with van der Waals surface area (Å²) in [6.45, 7) is 3.85. The van der Waals surface area contributed by atoms with Crippen molar-refractivity contribution >= 4 is 16.9 Å². The van der Waals surface area contributed by atoms with Gasteiger partial charge in [-0.15, -0.1) is 0 Å². The van der Waals surface area contributed by atoms with Crippen molar-refractivity contribution in [1.82, 2.24) is 20.2 Å². The fourth-order valence-electron chi connectivity index (χ4n) is 2.99. The minimum absolute atomic E-state index is 0.217. The largest absolute Gasteiger partial charge is 0.349 e. The topological polar surface area (TPSA) is 131 Å². The van der Waals surface area contributed by atoms with Crippen molar-refractivity contribution in [2.45, 2.75) is 26.3 Å². The van der Waals surface area contributed by atoms with Crippen LogP contribution in [0.2, 0.25) is 0 Å². The maximum absolute atomic E-state index is 14.6. The third-order valence-electron chi connectivity index (χ3n) is 4.50. The second-order valence-electron chi connectivity index (χ2n) is 6.22. The number of nitriles is 1. The lowest BCUT2D eigenvalue weighted by Crippen LogP contribution is -2.43. The highest BCUT2D eigenvalue weighted by molar-refractivity contribution is 5.89. The molecule has 5 N–H and O–H groups in total. The zero-order chi connectivity index (χ0) is 20.5. The SMILES string of the molecule is Cc1cccc(C#N)c1Cn1nc(C)c2ccc(C(F)(F)/C(=N/N)NN)nc21. The summed E-state index contributed by atoms with van der Waals surface area (Å²) < 4.78 is 30.7. The number of pyridine rings is 1. The lowest BCUT2D eigenvalue weighted by molar-refractivity contribution is 0.0666. The first-order valence-corrected chi connectivity index (χ1v) is 8.29. The van der Waals surface area contributed by atoms with Gasteiger partial charge in [-0.3, -0.25) is 0 Å². The molecular formula is C18H18F2N8. The Morgan fingerprint density at radius 3 is 2.71 bits per heavy atom. The van der Waals surface area contributed by atoms with Gasteiger partial charge in [0.1, 0.15) is 5.69 Å². The summed E-state index contributed by atoms with van der Waals surface area (Å²) in [7, 11) is 0. The minimum Gasteiger partial charge on any atom is -0.321 e. The number of alkyl halides is 2. The number of nitrogens with two attached hydrogens (primary N) is 2. The molecule has 0 amide bonds. The van der Waals surface area contributed by atoms with Crippen molar-refractivity contribution in [3.05, 3.63) is 58.4 Å². The Morgan fingerprint density at radius 2 is 2.07 bits per heavy atom. The number of aryl methyl sites for hydroxylation is 2. The standard InChI is InChI=1S/C18H18F2N8/c1-10-4-3-5-12(8-21)14(10)9-28-16-13(11(2)27-28)6-7-15(24-16)18(19,20)17(25-22)26-23/h3-7H,9,22-23H2,1-2H3,(H,25,26). The Morgan fingerprint density at radius 1 is 1.32 bits per heavy atom. The summed E-state index contributed by atoms with van der Waals surface area (Å²) in [4.78, 5) is 4.10. The van der Waals surface area contributed by atoms with Crippen LogP contribution in [0.4, 0.5) is 8.78 Å². The number of benzene rings is 1. The molecule has 0 aliphatic heterocycles. The Labute approximate surface area is 159 Å². The van der Waals surface area contributed by atoms with Gasteiger partial charge in [0.15, 0.2) is 5.65 Å². The number of hydrogen-bond donors (Lipinski definition) is 3. The fourth-order valence-corrected chi connectivity index (χ4v) is 2.99. The van der Waals surface area contributed by atoms with Crippen LogP contribution in [-0.2, 0) is 12.5 Å². The number of hydrazone groups is 1. The molecule has 3 aromatic rings. The van der Waals surface area contributed by atoms with E-state index in [2.05, 4.69) is 21.3 Å². The van der Waals surface area contributed by atoms with E-state index in [1.807, 2.05) is 13.0 Å². The van der Waals surface area contributed by atoms with E-state index in [0.717, 1.165) is 11.1 Å². The van der Waals surface area contributed by atoms with Gasteiger partial charge in [-0.05, 0) is 43.2 Å². The molecule has 0 aliphatic carbocycles. The first-order valence-electron chi connectivity index (χ1n) is 8.29. The molecule has 28 heavy (non-hydrogen) atoms. The van der Waals surface area contributed by atoms with Gasteiger partial charge in [-0.1, -0.05) is 12.1 Å². The highest BCUT2D eigenvalue weighted by Gasteiger charge is 2.40. The quantitative estimate of drug-likeness (QED) is 0.272. The van der Waals surface area contributed by atoms with Gasteiger partial charge < -0.3 is 11.3 Å². The highest BCUT2D eigenvalue weighted by atomic mass is 19.3. The van der Waals surface area contributed by atoms with Gasteiger partial charge in [0.05, 0.1) is 23.9 Å². The van der Waals surface area contributed by atoms with E-state index in [9.17, 15) is 14.0 Å². The third kappa shape index (κ3) is 3.12. The number of aromatic nitrogens is 3. The number of hydrazine groups is 1. The predicted octanol–water partition coefficient (Wildman–Crippen LogP) is 1.80. The molecule has 0 fully saturated rings. The number of rotatable bonds is 4. The zero-order valence-corrected chi connectivity index (χ0v) is 15.2. The van der Waals surface area contributed by atoms with E-state index in [4.69, 9.17) is 11.7 Å². The van der Waals surface area contributed by atoms with E-state index in [-0.39, 0.29) is 12.2 Å². The average Bonchev–Trinajstić information content (AvgIpc) is 2.99. The van der Waals surface area contributed by atoms with Gasteiger partial charge in [0.25, 0.3) is 0 Å². The molecule has 0 saturated carbocycles. The van der Waals surface area contributed by atoms with Crippen LogP contribution in [0, 0.1) is 25.2 Å². The molecule has 8 nitrogen and oxygen atoms in total. The van der Waals surface area contributed by atoms with Crippen LogP contribution >= 0.6 is 0 Å². The molecule has 10 heteroatoms. The van der Waals surface area contributed by atoms with E-state index >= 15 is 0 Å². The molecule has 1 aromatic carbocycles. The first kappa shape index (κ1) is 19.2. The second-order valence-corrected chi connectivity index (χ2v) is 6.22. The number of hydrogen-bond acceptors (Lipinski definition) is 6. The van der Waals surface area contributed by atoms with Crippen molar-refractivity contribution in [3.63, 3.8) is 0 Å². The molecule has 0 aliphatic rings. The van der Waals surface area contributed by atoms with Gasteiger partial charge in [-0.25, -0.2) is 15.5 Å². The number of fused-ring (bicyclic) bond motifs is 1. The Balaban J connectivity index is 2.15. The van der Waals surface area contributed by atoms with Gasteiger partial charge in [0, 0.05) is 5.39 Å². The summed E-state index contributed by atoms with van der Waals surface area (Å²) in [5.41, 5.74) is 4.25. The van der Waals surface area contributed by atoms with Gasteiger partial charge in [-0.2, -0.15) is 24.2 Å². The van der Waals surface area contributed by atoms with Crippen molar-refractivity contribution in [3.8, 4) is 6.07 Å². The summed E-state index contributed by atoms with van der Waals surface area (Å²) in [6, 6.07) is 10.2. The molecule has 2 heterocycles. The van der Waals surface area contributed by atoms with Crippen LogP contribution in [-0.4, -0.2) is 20.6 Å². The van der Waals surface area contributed by atoms with Crippen molar-refractivity contribution in [2.75, 3.05) is 0 Å². The summed E-state index contributed by atoms with van der Waals surface area (Å²) in [6.07, 6.45) is 0. The highest BCUT2D eigenvalue weighted by Crippen LogP contribution is 2.29. The summed E-state index contributed by atoms with van der Waals surface area (Å²) >= 11 is 0. The maximum Gasteiger partial charge on any atom is 0.349 e. The monoisotopic (exact) mass is 384 g/mol. The molecule has 3 rings (SSSR count). The van der Waals surface area contributed by atoms with Crippen LogP contribution in [0.1, 0.15) is 28.1 Å². The average molecular weight is 384 g/mol. The molecular weight excluding hydrogens is 366 g/mol. The Kier molecular flexibility index (Phi) is 4.94. The molecule has 0 atom stereocenters. The van der Waals surface area contributed by atoms with Crippen molar-refractivity contribution in [2.24, 2.45) is 16.8 Å². The number of amidine groups is 1.